The molecule has 0 N–H and O–H groups in total. The van der Waals surface area contributed by atoms with E-state index < -0.39 is 28.5 Å². The van der Waals surface area contributed by atoms with Crippen LogP contribution < -0.4 is 0 Å². The number of alkyl halides is 3. The first-order valence-electron chi connectivity index (χ1n) is 6.23. The molecule has 1 aromatic carbocycles. The number of aryl methyl sites for hydroxylation is 1. The Morgan fingerprint density at radius 1 is 1.36 bits per heavy atom. The summed E-state index contributed by atoms with van der Waals surface area (Å²) < 4.78 is 60.7. The van der Waals surface area contributed by atoms with Gasteiger partial charge in [0.15, 0.2) is 9.84 Å². The van der Waals surface area contributed by atoms with Crippen molar-refractivity contribution in [1.82, 2.24) is 4.90 Å². The van der Waals surface area contributed by atoms with E-state index in [1.54, 1.807) is 0 Å². The molecule has 122 valence electrons. The van der Waals surface area contributed by atoms with Crippen molar-refractivity contribution in [2.24, 2.45) is 0 Å². The Morgan fingerprint density at radius 2 is 1.95 bits per heavy atom. The van der Waals surface area contributed by atoms with Gasteiger partial charge in [-0.1, -0.05) is 12.1 Å². The van der Waals surface area contributed by atoms with Gasteiger partial charge in [-0.2, -0.15) is 13.2 Å². The van der Waals surface area contributed by atoms with Gasteiger partial charge in [0.1, 0.15) is 6.54 Å². The number of carbonyl (C=O) groups excluding carboxylic acids is 1. The average molecular weight is 335 g/mol. The Hall–Kier alpha value is -1.83. The second-order valence-corrected chi connectivity index (χ2v) is 6.85. The first kappa shape index (κ1) is 18.2. The summed E-state index contributed by atoms with van der Waals surface area (Å²) in [4.78, 5) is 12.7. The number of hydrogen-bond acceptors (Lipinski definition) is 3. The smallest absolute Gasteiger partial charge is 0.326 e. The lowest BCUT2D eigenvalue weighted by molar-refractivity contribution is -0.139. The largest absolute Gasteiger partial charge is 0.406 e. The molecule has 1 rings (SSSR count). The summed E-state index contributed by atoms with van der Waals surface area (Å²) in [5.74, 6) is -0.889. The number of halogens is 3. The minimum absolute atomic E-state index is 0.0750. The summed E-state index contributed by atoms with van der Waals surface area (Å²) in [6, 6.07) is 3.80. The molecule has 22 heavy (non-hydrogen) atoms. The zero-order chi connectivity index (χ0) is 17.1. The Balaban J connectivity index is 3.26. The van der Waals surface area contributed by atoms with Crippen molar-refractivity contribution in [1.29, 1.82) is 0 Å². The minimum atomic E-state index is -4.55. The Kier molecular flexibility index (Phi) is 5.39. The van der Waals surface area contributed by atoms with Crippen molar-refractivity contribution < 1.29 is 26.4 Å². The maximum absolute atomic E-state index is 12.6. The quantitative estimate of drug-likeness (QED) is 0.777. The topological polar surface area (TPSA) is 54.5 Å². The summed E-state index contributed by atoms with van der Waals surface area (Å²) in [6.07, 6.45) is -2.41. The molecule has 4 nitrogen and oxygen atoms in total. The molecule has 0 saturated carbocycles. The SMILES string of the molecule is C=CCN(CC(F)(F)F)C(=O)c1cc(S(C)(=O)=O)ccc1C. The van der Waals surface area contributed by atoms with Crippen LogP contribution in [0.15, 0.2) is 35.7 Å². The highest BCUT2D eigenvalue weighted by atomic mass is 32.2. The van der Waals surface area contributed by atoms with Crippen molar-refractivity contribution in [2.75, 3.05) is 19.3 Å². The third-order valence-electron chi connectivity index (χ3n) is 2.87. The summed E-state index contributed by atoms with van der Waals surface area (Å²) in [5.41, 5.74) is 0.322. The third kappa shape index (κ3) is 4.87. The van der Waals surface area contributed by atoms with Gasteiger partial charge in [0.2, 0.25) is 0 Å². The molecule has 0 aliphatic rings. The number of rotatable bonds is 5. The highest BCUT2D eigenvalue weighted by Crippen LogP contribution is 2.21. The van der Waals surface area contributed by atoms with Crippen molar-refractivity contribution in [3.8, 4) is 0 Å². The van der Waals surface area contributed by atoms with Crippen LogP contribution in [-0.2, 0) is 9.84 Å². The average Bonchev–Trinajstić information content (AvgIpc) is 2.35. The molecule has 8 heteroatoms. The van der Waals surface area contributed by atoms with Crippen LogP contribution in [-0.4, -0.2) is 44.7 Å². The Labute approximate surface area is 127 Å². The van der Waals surface area contributed by atoms with Crippen molar-refractivity contribution in [2.45, 2.75) is 18.0 Å². The summed E-state index contributed by atoms with van der Waals surface area (Å²) in [7, 11) is -3.56. The number of sulfone groups is 1. The zero-order valence-electron chi connectivity index (χ0n) is 12.1. The van der Waals surface area contributed by atoms with E-state index in [1.165, 1.54) is 25.1 Å². The Bertz CT molecular complexity index is 681. The van der Waals surface area contributed by atoms with Crippen LogP contribution in [0, 0.1) is 6.92 Å². The number of hydrogen-bond donors (Lipinski definition) is 0. The minimum Gasteiger partial charge on any atom is -0.326 e. The summed E-state index contributed by atoms with van der Waals surface area (Å²) in [6.45, 7) is 3.13. The number of amides is 1. The van der Waals surface area contributed by atoms with Crippen LogP contribution in [0.4, 0.5) is 13.2 Å². The number of benzene rings is 1. The molecule has 0 heterocycles. The van der Waals surface area contributed by atoms with Crippen LogP contribution >= 0.6 is 0 Å². The van der Waals surface area contributed by atoms with Crippen LogP contribution in [0.3, 0.4) is 0 Å². The van der Waals surface area contributed by atoms with Gasteiger partial charge < -0.3 is 4.90 Å². The molecule has 0 aromatic heterocycles. The van der Waals surface area contributed by atoms with E-state index in [0.717, 1.165) is 12.3 Å². The number of carbonyl (C=O) groups is 1. The standard InChI is InChI=1S/C14H16F3NO3S/c1-4-7-18(9-14(15,16)17)13(19)12-8-11(22(3,20)21)6-5-10(12)2/h4-6,8H,1,7,9H2,2-3H3. The van der Waals surface area contributed by atoms with Gasteiger partial charge in [0, 0.05) is 18.4 Å². The molecule has 0 aliphatic carbocycles. The van der Waals surface area contributed by atoms with E-state index in [0.29, 0.717) is 10.5 Å². The molecule has 1 aromatic rings. The van der Waals surface area contributed by atoms with Crippen molar-refractivity contribution in [3.05, 3.63) is 42.0 Å². The van der Waals surface area contributed by atoms with E-state index in [-0.39, 0.29) is 17.0 Å². The highest BCUT2D eigenvalue weighted by Gasteiger charge is 2.33. The predicted octanol–water partition coefficient (Wildman–Crippen LogP) is 2.59. The van der Waals surface area contributed by atoms with Crippen LogP contribution in [0.1, 0.15) is 15.9 Å². The first-order valence-corrected chi connectivity index (χ1v) is 8.12. The van der Waals surface area contributed by atoms with Gasteiger partial charge >= 0.3 is 6.18 Å². The molecule has 1 amide bonds. The summed E-state index contributed by atoms with van der Waals surface area (Å²) >= 11 is 0. The van der Waals surface area contributed by atoms with Crippen LogP contribution in [0.25, 0.3) is 0 Å². The number of nitrogens with zero attached hydrogens (tertiary/aromatic N) is 1. The molecular weight excluding hydrogens is 319 g/mol. The predicted molar refractivity (Wildman–Crippen MR) is 76.4 cm³/mol. The van der Waals surface area contributed by atoms with Crippen LogP contribution in [0.5, 0.6) is 0 Å². The fourth-order valence-electron chi connectivity index (χ4n) is 1.82. The molecule has 0 radical (unpaired) electrons. The first-order chi connectivity index (χ1) is 9.95. The van der Waals surface area contributed by atoms with Gasteiger partial charge in [-0.15, -0.1) is 6.58 Å². The highest BCUT2D eigenvalue weighted by molar-refractivity contribution is 7.90. The lowest BCUT2D eigenvalue weighted by Crippen LogP contribution is -2.39. The van der Waals surface area contributed by atoms with E-state index in [9.17, 15) is 26.4 Å². The molecular formula is C14H16F3NO3S. The monoisotopic (exact) mass is 335 g/mol. The van der Waals surface area contributed by atoms with Gasteiger partial charge in [-0.3, -0.25) is 4.79 Å². The van der Waals surface area contributed by atoms with Gasteiger partial charge in [-0.25, -0.2) is 8.42 Å². The lowest BCUT2D eigenvalue weighted by atomic mass is 10.1. The van der Waals surface area contributed by atoms with E-state index >= 15 is 0 Å². The van der Waals surface area contributed by atoms with E-state index in [1.807, 2.05) is 0 Å². The Morgan fingerprint density at radius 3 is 2.41 bits per heavy atom. The normalized spacial score (nSPS) is 12.0. The maximum Gasteiger partial charge on any atom is 0.406 e. The third-order valence-corrected chi connectivity index (χ3v) is 3.98. The fourth-order valence-corrected chi connectivity index (χ4v) is 2.47. The second-order valence-electron chi connectivity index (χ2n) is 4.84. The van der Waals surface area contributed by atoms with Gasteiger partial charge in [-0.05, 0) is 24.6 Å². The molecule has 0 atom stereocenters. The van der Waals surface area contributed by atoms with Gasteiger partial charge in [0.05, 0.1) is 4.90 Å². The van der Waals surface area contributed by atoms with E-state index in [4.69, 9.17) is 0 Å². The van der Waals surface area contributed by atoms with E-state index in [2.05, 4.69) is 6.58 Å². The van der Waals surface area contributed by atoms with Crippen molar-refractivity contribution >= 4 is 15.7 Å². The summed E-state index contributed by atoms with van der Waals surface area (Å²) in [5, 5.41) is 0. The van der Waals surface area contributed by atoms with Crippen LogP contribution in [0.2, 0.25) is 0 Å². The molecule has 0 spiro atoms. The molecule has 0 bridgehead atoms. The molecule has 0 fully saturated rings. The zero-order valence-corrected chi connectivity index (χ0v) is 13.0. The second kappa shape index (κ2) is 6.51. The van der Waals surface area contributed by atoms with Crippen molar-refractivity contribution in [3.63, 3.8) is 0 Å². The van der Waals surface area contributed by atoms with Gasteiger partial charge in [0.25, 0.3) is 5.91 Å². The lowest BCUT2D eigenvalue weighted by Gasteiger charge is -2.23. The fraction of sp³-hybridized carbons (Fsp3) is 0.357. The molecule has 0 unspecified atom stereocenters. The maximum atomic E-state index is 12.6. The molecule has 0 saturated heterocycles. The molecule has 0 aliphatic heterocycles.